The number of aliphatic carboxylic acids is 1. The van der Waals surface area contributed by atoms with Gasteiger partial charge in [0.2, 0.25) is 0 Å². The standard InChI is InChI=1S/C33H48N4O8S/c1-32(2,3)45-31(41)34-15-9-10-16-36(4)46(42,43)35-29(38)22-13-14-23-25(17-22)37-20-33(30(39)40)19-24(33)27(44-5)18-26(37)28(23)21-11-7-6-8-12-21/h13-14,17,21,24,27H,6-12,15-16,18-20H2,1-5H3,(H,34,41)(H,35,38)(H,39,40). The first-order chi connectivity index (χ1) is 21.7. The van der Waals surface area contributed by atoms with Crippen LogP contribution in [0.25, 0.3) is 10.9 Å². The Hall–Kier alpha value is -3.16. The topological polar surface area (TPSA) is 156 Å². The Balaban J connectivity index is 1.33. The van der Waals surface area contributed by atoms with Crippen LogP contribution in [0.4, 0.5) is 4.79 Å². The highest BCUT2D eigenvalue weighted by molar-refractivity contribution is 7.87. The molecule has 0 spiro atoms. The second kappa shape index (κ2) is 13.2. The molecule has 3 N–H and O–H groups in total. The van der Waals surface area contributed by atoms with Crippen LogP contribution in [0.15, 0.2) is 18.2 Å². The van der Waals surface area contributed by atoms with E-state index in [9.17, 15) is 27.9 Å². The van der Waals surface area contributed by atoms with Crippen LogP contribution in [0.3, 0.4) is 0 Å². The van der Waals surface area contributed by atoms with Gasteiger partial charge in [0.05, 0.1) is 11.5 Å². The van der Waals surface area contributed by atoms with Crippen molar-refractivity contribution in [2.75, 3.05) is 27.2 Å². The highest BCUT2D eigenvalue weighted by atomic mass is 32.2. The molecule has 0 radical (unpaired) electrons. The summed E-state index contributed by atoms with van der Waals surface area (Å²) in [6.45, 7) is 6.08. The molecule has 2 aromatic rings. The molecule has 3 atom stereocenters. The number of ether oxygens (including phenoxy) is 2. The summed E-state index contributed by atoms with van der Waals surface area (Å²) in [5.74, 6) is -1.33. The van der Waals surface area contributed by atoms with E-state index in [2.05, 4.69) is 14.6 Å². The van der Waals surface area contributed by atoms with Crippen LogP contribution in [0.2, 0.25) is 0 Å². The average Bonchev–Trinajstić information content (AvgIpc) is 3.67. The van der Waals surface area contributed by atoms with Gasteiger partial charge in [0.1, 0.15) is 5.60 Å². The van der Waals surface area contributed by atoms with Gasteiger partial charge >= 0.3 is 22.3 Å². The summed E-state index contributed by atoms with van der Waals surface area (Å²) in [5, 5.41) is 13.9. The smallest absolute Gasteiger partial charge is 0.407 e. The largest absolute Gasteiger partial charge is 0.481 e. The Morgan fingerprint density at radius 2 is 1.85 bits per heavy atom. The molecule has 12 nitrogen and oxygen atoms in total. The fourth-order valence-corrected chi connectivity index (χ4v) is 8.21. The molecule has 3 unspecified atom stereocenters. The number of carbonyl (C=O) groups is 3. The Labute approximate surface area is 271 Å². The minimum absolute atomic E-state index is 0.0793. The lowest BCUT2D eigenvalue weighted by atomic mass is 9.82. The van der Waals surface area contributed by atoms with Crippen molar-refractivity contribution in [3.05, 3.63) is 35.0 Å². The molecule has 13 heteroatoms. The average molecular weight is 661 g/mol. The van der Waals surface area contributed by atoms with Gasteiger partial charge < -0.3 is 24.5 Å². The van der Waals surface area contributed by atoms with E-state index in [1.807, 2.05) is 6.07 Å². The lowest BCUT2D eigenvalue weighted by Gasteiger charge is -2.24. The molecule has 46 heavy (non-hydrogen) atoms. The molecule has 0 saturated heterocycles. The third-order valence-electron chi connectivity index (χ3n) is 9.84. The van der Waals surface area contributed by atoms with Crippen LogP contribution in [0, 0.1) is 11.3 Å². The Morgan fingerprint density at radius 3 is 2.50 bits per heavy atom. The fraction of sp³-hybridized carbons (Fsp3) is 0.667. The van der Waals surface area contributed by atoms with Gasteiger partial charge in [-0.15, -0.1) is 0 Å². The minimum atomic E-state index is -4.14. The number of carboxylic acids is 1. The molecule has 1 aromatic carbocycles. The number of nitrogens with zero attached hydrogens (tertiary/aromatic N) is 2. The van der Waals surface area contributed by atoms with Crippen molar-refractivity contribution in [3.8, 4) is 0 Å². The monoisotopic (exact) mass is 660 g/mol. The molecule has 1 aromatic heterocycles. The summed E-state index contributed by atoms with van der Waals surface area (Å²) in [6, 6.07) is 5.25. The minimum Gasteiger partial charge on any atom is -0.481 e. The fourth-order valence-electron chi connectivity index (χ4n) is 7.33. The number of nitrogens with one attached hydrogen (secondary N) is 2. The Kier molecular flexibility index (Phi) is 9.77. The zero-order chi connectivity index (χ0) is 33.4. The van der Waals surface area contributed by atoms with Gasteiger partial charge in [-0.3, -0.25) is 9.59 Å². The maximum Gasteiger partial charge on any atom is 0.407 e. The number of carboxylic acid groups (broad SMARTS) is 1. The molecule has 5 rings (SSSR count). The molecule has 2 aliphatic carbocycles. The first kappa shape index (κ1) is 34.2. The molecular weight excluding hydrogens is 612 g/mol. The predicted molar refractivity (Wildman–Crippen MR) is 173 cm³/mol. The zero-order valence-electron chi connectivity index (χ0n) is 27.6. The highest BCUT2D eigenvalue weighted by Gasteiger charge is 2.65. The number of benzene rings is 1. The Bertz CT molecular complexity index is 1590. The van der Waals surface area contributed by atoms with Crippen molar-refractivity contribution in [1.29, 1.82) is 0 Å². The van der Waals surface area contributed by atoms with E-state index in [1.54, 1.807) is 40.0 Å². The number of hydrogen-bond donors (Lipinski definition) is 3. The van der Waals surface area contributed by atoms with Crippen LogP contribution in [-0.4, -0.2) is 79.3 Å². The number of methoxy groups -OCH3 is 1. The molecule has 254 valence electrons. The number of rotatable bonds is 11. The number of amides is 2. The van der Waals surface area contributed by atoms with Gasteiger partial charge in [0, 0.05) is 68.3 Å². The summed E-state index contributed by atoms with van der Waals surface area (Å²) >= 11 is 0. The number of fused-ring (bicyclic) bond motifs is 4. The lowest BCUT2D eigenvalue weighted by Crippen LogP contribution is -2.42. The Morgan fingerprint density at radius 1 is 1.13 bits per heavy atom. The van der Waals surface area contributed by atoms with E-state index in [1.165, 1.54) is 19.0 Å². The van der Waals surface area contributed by atoms with E-state index in [0.29, 0.717) is 44.7 Å². The lowest BCUT2D eigenvalue weighted by molar-refractivity contribution is -0.145. The van der Waals surface area contributed by atoms with E-state index in [-0.39, 0.29) is 24.1 Å². The first-order valence-corrected chi connectivity index (χ1v) is 17.8. The van der Waals surface area contributed by atoms with Crippen LogP contribution in [0.1, 0.15) is 99.7 Å². The van der Waals surface area contributed by atoms with Crippen molar-refractivity contribution in [2.24, 2.45) is 11.3 Å². The van der Waals surface area contributed by atoms with Gasteiger partial charge in [-0.25, -0.2) is 9.52 Å². The van der Waals surface area contributed by atoms with E-state index in [4.69, 9.17) is 9.47 Å². The van der Waals surface area contributed by atoms with Gasteiger partial charge in [0.25, 0.3) is 5.91 Å². The third-order valence-corrected chi connectivity index (χ3v) is 11.3. The van der Waals surface area contributed by atoms with Crippen molar-refractivity contribution < 1.29 is 37.4 Å². The van der Waals surface area contributed by atoms with Gasteiger partial charge in [0.15, 0.2) is 0 Å². The van der Waals surface area contributed by atoms with Crippen molar-refractivity contribution in [1.82, 2.24) is 18.9 Å². The maximum absolute atomic E-state index is 13.4. The van der Waals surface area contributed by atoms with E-state index in [0.717, 1.165) is 46.6 Å². The van der Waals surface area contributed by atoms with E-state index >= 15 is 0 Å². The summed E-state index contributed by atoms with van der Waals surface area (Å²) in [6.07, 6.45) is 6.98. The van der Waals surface area contributed by atoms with Crippen molar-refractivity contribution in [3.63, 3.8) is 0 Å². The molecule has 2 amide bonds. The number of aromatic nitrogens is 1. The summed E-state index contributed by atoms with van der Waals surface area (Å²) < 4.78 is 42.5. The molecule has 2 fully saturated rings. The van der Waals surface area contributed by atoms with E-state index < -0.39 is 39.2 Å². The van der Waals surface area contributed by atoms with Crippen LogP contribution in [-0.2, 0) is 37.4 Å². The third kappa shape index (κ3) is 7.06. The molecule has 2 heterocycles. The summed E-state index contributed by atoms with van der Waals surface area (Å²) in [4.78, 5) is 37.7. The first-order valence-electron chi connectivity index (χ1n) is 16.3. The highest BCUT2D eigenvalue weighted by Crippen LogP contribution is 2.59. The summed E-state index contributed by atoms with van der Waals surface area (Å²) in [5.41, 5.74) is 1.72. The normalized spacial score (nSPS) is 23.3. The molecule has 2 saturated carbocycles. The van der Waals surface area contributed by atoms with Gasteiger partial charge in [-0.1, -0.05) is 25.3 Å². The van der Waals surface area contributed by atoms with Crippen LogP contribution >= 0.6 is 0 Å². The van der Waals surface area contributed by atoms with Crippen LogP contribution in [0.5, 0.6) is 0 Å². The summed E-state index contributed by atoms with van der Waals surface area (Å²) in [7, 11) is -1.09. The van der Waals surface area contributed by atoms with Crippen molar-refractivity contribution >= 4 is 39.1 Å². The maximum atomic E-state index is 13.4. The zero-order valence-corrected chi connectivity index (χ0v) is 28.4. The predicted octanol–water partition coefficient (Wildman–Crippen LogP) is 4.56. The number of carbonyl (C=O) groups excluding carboxylic acids is 2. The molecular formula is C33H48N4O8S. The van der Waals surface area contributed by atoms with Gasteiger partial charge in [-0.05, 0) is 76.5 Å². The second-order valence-electron chi connectivity index (χ2n) is 14.2. The molecule has 3 aliphatic rings. The number of alkyl carbamates (subject to hydrolysis) is 1. The quantitative estimate of drug-likeness (QED) is 0.296. The van der Waals surface area contributed by atoms with Crippen LogP contribution < -0.4 is 10.0 Å². The number of hydrogen-bond acceptors (Lipinski definition) is 7. The second-order valence-corrected chi connectivity index (χ2v) is 15.9. The number of unbranched alkanes of at least 4 members (excludes halogenated alkanes) is 1. The SMILES string of the molecule is COC1Cc2c(C3CCCCC3)c3ccc(C(=O)NS(=O)(=O)N(C)CCCCNC(=O)OC(C)(C)C)cc3n2CC2(C(=O)O)CC12. The molecule has 1 aliphatic heterocycles. The molecule has 0 bridgehead atoms. The van der Waals surface area contributed by atoms with Crippen molar-refractivity contribution in [2.45, 2.75) is 103 Å². The van der Waals surface area contributed by atoms with Gasteiger partial charge in [-0.2, -0.15) is 12.7 Å².